The molecule has 0 atom stereocenters. The van der Waals surface area contributed by atoms with Crippen molar-refractivity contribution in [1.29, 1.82) is 0 Å². The Labute approximate surface area is 174 Å². The molecule has 0 bridgehead atoms. The molecule has 2 aromatic heterocycles. The number of hydrogen-bond donors (Lipinski definition) is 2. The van der Waals surface area contributed by atoms with E-state index in [9.17, 15) is 9.59 Å². The first-order chi connectivity index (χ1) is 14.7. The maximum Gasteiger partial charge on any atom is 0.319 e. The summed E-state index contributed by atoms with van der Waals surface area (Å²) >= 11 is 0. The lowest BCUT2D eigenvalue weighted by atomic mass is 9.88. The summed E-state index contributed by atoms with van der Waals surface area (Å²) in [5.74, 6) is 0.167. The Hall–Kier alpha value is -3.93. The zero-order chi connectivity index (χ0) is 20.8. The van der Waals surface area contributed by atoms with Crippen LogP contribution >= 0.6 is 0 Å². The molecule has 2 heterocycles. The van der Waals surface area contributed by atoms with Crippen LogP contribution in [0.5, 0.6) is 0 Å². The van der Waals surface area contributed by atoms with E-state index >= 15 is 0 Å². The molecule has 2 amide bonds. The lowest BCUT2D eigenvalue weighted by Crippen LogP contribution is -2.33. The fraction of sp³-hybridized carbons (Fsp3) is 0.125. The van der Waals surface area contributed by atoms with Crippen molar-refractivity contribution < 1.29 is 4.79 Å². The van der Waals surface area contributed by atoms with Crippen molar-refractivity contribution >= 4 is 17.4 Å². The van der Waals surface area contributed by atoms with Crippen LogP contribution in [0.15, 0.2) is 96.1 Å². The smallest absolute Gasteiger partial charge is 0.319 e. The van der Waals surface area contributed by atoms with Gasteiger partial charge in [-0.2, -0.15) is 0 Å². The average Bonchev–Trinajstić information content (AvgIpc) is 2.80. The number of benzene rings is 2. The van der Waals surface area contributed by atoms with Crippen molar-refractivity contribution in [1.82, 2.24) is 14.7 Å². The summed E-state index contributed by atoms with van der Waals surface area (Å²) in [7, 11) is 0. The van der Waals surface area contributed by atoms with E-state index in [1.54, 1.807) is 24.4 Å². The highest BCUT2D eigenvalue weighted by molar-refractivity contribution is 5.88. The largest absolute Gasteiger partial charge is 0.338 e. The van der Waals surface area contributed by atoms with E-state index in [1.807, 2.05) is 36.4 Å². The molecule has 0 aliphatic heterocycles. The molecule has 6 nitrogen and oxygen atoms in total. The Bertz CT molecular complexity index is 1150. The minimum absolute atomic E-state index is 0.138. The molecule has 4 rings (SSSR count). The van der Waals surface area contributed by atoms with Crippen LogP contribution in [0.3, 0.4) is 0 Å². The van der Waals surface area contributed by atoms with Gasteiger partial charge < -0.3 is 10.6 Å². The molecule has 30 heavy (non-hydrogen) atoms. The molecule has 2 N–H and O–H groups in total. The van der Waals surface area contributed by atoms with Crippen molar-refractivity contribution in [3.8, 4) is 0 Å². The summed E-state index contributed by atoms with van der Waals surface area (Å²) in [6.07, 6.45) is 3.74. The number of anilines is 1. The van der Waals surface area contributed by atoms with Gasteiger partial charge in [-0.05, 0) is 29.7 Å². The van der Waals surface area contributed by atoms with Gasteiger partial charge in [0.2, 0.25) is 0 Å². The number of hydrogen-bond acceptors (Lipinski definition) is 3. The average molecular weight is 398 g/mol. The van der Waals surface area contributed by atoms with Crippen molar-refractivity contribution in [3.63, 3.8) is 0 Å². The van der Waals surface area contributed by atoms with E-state index in [0.29, 0.717) is 12.2 Å². The first-order valence-corrected chi connectivity index (χ1v) is 9.83. The van der Waals surface area contributed by atoms with Crippen molar-refractivity contribution in [2.24, 2.45) is 0 Å². The van der Waals surface area contributed by atoms with Crippen molar-refractivity contribution in [2.75, 3.05) is 11.9 Å². The van der Waals surface area contributed by atoms with Crippen LogP contribution in [-0.4, -0.2) is 22.0 Å². The van der Waals surface area contributed by atoms with E-state index in [1.165, 1.54) is 21.7 Å². The third-order valence-corrected chi connectivity index (χ3v) is 4.98. The number of rotatable bonds is 6. The Morgan fingerprint density at radius 1 is 0.900 bits per heavy atom. The zero-order valence-corrected chi connectivity index (χ0v) is 16.4. The van der Waals surface area contributed by atoms with Gasteiger partial charge in [-0.15, -0.1) is 0 Å². The monoisotopic (exact) mass is 398 g/mol. The number of carbonyl (C=O) groups excluding carboxylic acids is 1. The predicted molar refractivity (Wildman–Crippen MR) is 118 cm³/mol. The minimum Gasteiger partial charge on any atom is -0.338 e. The second kappa shape index (κ2) is 9.05. The number of amides is 2. The second-order valence-electron chi connectivity index (χ2n) is 6.95. The van der Waals surface area contributed by atoms with Gasteiger partial charge in [0.1, 0.15) is 11.3 Å². The summed E-state index contributed by atoms with van der Waals surface area (Å²) in [4.78, 5) is 29.1. The SMILES string of the molecule is O=C(NCCC(c1ccccc1)c1ccccc1)Nc1cnc2ccccn2c1=O. The van der Waals surface area contributed by atoms with Crippen LogP contribution in [0.25, 0.3) is 5.65 Å². The molecule has 6 heteroatoms. The van der Waals surface area contributed by atoms with Gasteiger partial charge in [0.05, 0.1) is 6.20 Å². The topological polar surface area (TPSA) is 75.5 Å². The number of nitrogens with zero attached hydrogens (tertiary/aromatic N) is 2. The molecule has 2 aromatic carbocycles. The molecular formula is C24H22N4O2. The van der Waals surface area contributed by atoms with E-state index < -0.39 is 6.03 Å². The van der Waals surface area contributed by atoms with Crippen molar-refractivity contribution in [3.05, 3.63) is 113 Å². The second-order valence-corrected chi connectivity index (χ2v) is 6.95. The van der Waals surface area contributed by atoms with Crippen LogP contribution in [0.1, 0.15) is 23.5 Å². The highest BCUT2D eigenvalue weighted by Gasteiger charge is 2.14. The standard InChI is InChI=1S/C24H22N4O2/c29-23-21(17-26-22-13-7-8-16-28(22)23)27-24(30)25-15-14-20(18-9-3-1-4-10-18)19-11-5-2-6-12-19/h1-13,16-17,20H,14-15H2,(H2,25,27,30). The van der Waals surface area contributed by atoms with Crippen LogP contribution in [-0.2, 0) is 0 Å². The fourth-order valence-electron chi connectivity index (χ4n) is 3.51. The van der Waals surface area contributed by atoms with Gasteiger partial charge in [0, 0.05) is 18.7 Å². The van der Waals surface area contributed by atoms with Gasteiger partial charge in [-0.1, -0.05) is 66.7 Å². The molecule has 0 aliphatic rings. The Kier molecular flexibility index (Phi) is 5.85. The summed E-state index contributed by atoms with van der Waals surface area (Å²) in [5, 5.41) is 5.46. The Morgan fingerprint density at radius 2 is 1.53 bits per heavy atom. The van der Waals surface area contributed by atoms with Gasteiger partial charge in [0.15, 0.2) is 0 Å². The quantitative estimate of drug-likeness (QED) is 0.515. The molecule has 150 valence electrons. The van der Waals surface area contributed by atoms with Gasteiger partial charge >= 0.3 is 6.03 Å². The number of fused-ring (bicyclic) bond motifs is 1. The first-order valence-electron chi connectivity index (χ1n) is 9.83. The zero-order valence-electron chi connectivity index (χ0n) is 16.4. The van der Waals surface area contributed by atoms with Gasteiger partial charge in [0.25, 0.3) is 5.56 Å². The Morgan fingerprint density at radius 3 is 2.20 bits per heavy atom. The number of aromatic nitrogens is 2. The summed E-state index contributed by atoms with van der Waals surface area (Å²) < 4.78 is 1.40. The summed E-state index contributed by atoms with van der Waals surface area (Å²) in [6, 6.07) is 25.3. The molecule has 0 fully saturated rings. The molecule has 0 spiro atoms. The van der Waals surface area contributed by atoms with Crippen LogP contribution in [0, 0.1) is 0 Å². The van der Waals surface area contributed by atoms with Crippen LogP contribution in [0.4, 0.5) is 10.5 Å². The highest BCUT2D eigenvalue weighted by atomic mass is 16.2. The maximum atomic E-state index is 12.5. The molecule has 0 radical (unpaired) electrons. The molecule has 0 saturated carbocycles. The molecule has 0 saturated heterocycles. The fourth-order valence-corrected chi connectivity index (χ4v) is 3.51. The van der Waals surface area contributed by atoms with Crippen molar-refractivity contribution in [2.45, 2.75) is 12.3 Å². The number of pyridine rings is 1. The lowest BCUT2D eigenvalue weighted by Gasteiger charge is -2.18. The molecule has 0 unspecified atom stereocenters. The third kappa shape index (κ3) is 4.38. The molecular weight excluding hydrogens is 376 g/mol. The minimum atomic E-state index is -0.426. The third-order valence-electron chi connectivity index (χ3n) is 4.98. The van der Waals surface area contributed by atoms with E-state index in [0.717, 1.165) is 6.42 Å². The number of urea groups is 1. The Balaban J connectivity index is 1.42. The summed E-state index contributed by atoms with van der Waals surface area (Å²) in [6.45, 7) is 0.461. The number of carbonyl (C=O) groups is 1. The number of nitrogens with one attached hydrogen (secondary N) is 2. The molecule has 0 aliphatic carbocycles. The lowest BCUT2D eigenvalue weighted by molar-refractivity contribution is 0.252. The van der Waals surface area contributed by atoms with Gasteiger partial charge in [-0.3, -0.25) is 9.20 Å². The maximum absolute atomic E-state index is 12.5. The molecule has 4 aromatic rings. The highest BCUT2D eigenvalue weighted by Crippen LogP contribution is 2.27. The van der Waals surface area contributed by atoms with E-state index in [4.69, 9.17) is 0 Å². The van der Waals surface area contributed by atoms with Gasteiger partial charge in [-0.25, -0.2) is 9.78 Å². The van der Waals surface area contributed by atoms with Crippen LogP contribution in [0.2, 0.25) is 0 Å². The summed E-state index contributed by atoms with van der Waals surface area (Å²) in [5.41, 5.74) is 2.74. The first kappa shape index (κ1) is 19.4. The predicted octanol–water partition coefficient (Wildman–Crippen LogP) is 4.04. The van der Waals surface area contributed by atoms with E-state index in [2.05, 4.69) is 39.9 Å². The normalized spacial score (nSPS) is 10.8. The van der Waals surface area contributed by atoms with Crippen LogP contribution < -0.4 is 16.2 Å². The van der Waals surface area contributed by atoms with E-state index in [-0.39, 0.29) is 17.2 Å².